The normalized spacial score (nSPS) is 8.62. The molecule has 0 fully saturated rings. The van der Waals surface area contributed by atoms with E-state index in [2.05, 4.69) is 18.4 Å². The van der Waals surface area contributed by atoms with Crippen molar-refractivity contribution in [2.45, 2.75) is 52.4 Å². The van der Waals surface area contributed by atoms with Crippen LogP contribution in [-0.2, 0) is 4.57 Å². The minimum atomic E-state index is 0.375. The van der Waals surface area contributed by atoms with Gasteiger partial charge in [-0.1, -0.05) is 52.4 Å². The number of unbranched alkanes of at least 4 members (excludes halogenated alkanes) is 5. The van der Waals surface area contributed by atoms with E-state index in [9.17, 15) is 0 Å². The Morgan fingerprint density at radius 2 is 1.23 bits per heavy atom. The van der Waals surface area contributed by atoms with E-state index >= 15 is 0 Å². The lowest BCUT2D eigenvalue weighted by Crippen LogP contribution is -2.00. The van der Waals surface area contributed by atoms with E-state index in [1.165, 1.54) is 38.5 Å². The zero-order valence-corrected chi connectivity index (χ0v) is 8.70. The third-order valence-electron chi connectivity index (χ3n) is 1.58. The van der Waals surface area contributed by atoms with Gasteiger partial charge in [0.1, 0.15) is 0 Å². The SMILES string of the molecule is CCCCCCCC.O[B]O[B]O. The fourth-order valence-electron chi connectivity index (χ4n) is 0.881. The third-order valence-corrected chi connectivity index (χ3v) is 1.58. The molecule has 0 aromatic carbocycles. The summed E-state index contributed by atoms with van der Waals surface area (Å²) in [6.45, 7) is 4.51. The highest BCUT2D eigenvalue weighted by Crippen LogP contribution is 2.03. The molecule has 0 atom stereocenters. The fraction of sp³-hybridized carbons (Fsp3) is 1.00. The zero-order valence-electron chi connectivity index (χ0n) is 8.70. The van der Waals surface area contributed by atoms with Crippen LogP contribution in [0.3, 0.4) is 0 Å². The van der Waals surface area contributed by atoms with Crippen LogP contribution in [0.1, 0.15) is 52.4 Å². The molecule has 0 aliphatic heterocycles. The summed E-state index contributed by atoms with van der Waals surface area (Å²) in [7, 11) is 0.750. The molecule has 2 radical (unpaired) electrons. The molecule has 13 heavy (non-hydrogen) atoms. The van der Waals surface area contributed by atoms with Gasteiger partial charge in [0.05, 0.1) is 0 Å². The van der Waals surface area contributed by atoms with Gasteiger partial charge in [0.2, 0.25) is 0 Å². The third kappa shape index (κ3) is 24.5. The molecule has 0 amide bonds. The highest BCUT2D eigenvalue weighted by Gasteiger charge is 1.83. The van der Waals surface area contributed by atoms with E-state index in [-0.39, 0.29) is 0 Å². The van der Waals surface area contributed by atoms with Crippen molar-refractivity contribution in [1.82, 2.24) is 0 Å². The minimum absolute atomic E-state index is 0.375. The predicted molar refractivity (Wildman–Crippen MR) is 56.1 cm³/mol. The molecule has 0 saturated heterocycles. The Labute approximate surface area is 83.1 Å². The van der Waals surface area contributed by atoms with Crippen LogP contribution in [0, 0.1) is 0 Å². The van der Waals surface area contributed by atoms with Crippen molar-refractivity contribution in [3.63, 3.8) is 0 Å². The Balaban J connectivity index is 0. The van der Waals surface area contributed by atoms with Crippen LogP contribution in [0.25, 0.3) is 0 Å². The lowest BCUT2D eigenvalue weighted by Gasteiger charge is -1.93. The van der Waals surface area contributed by atoms with Crippen molar-refractivity contribution in [2.75, 3.05) is 0 Å². The maximum atomic E-state index is 7.53. The van der Waals surface area contributed by atoms with Crippen molar-refractivity contribution in [2.24, 2.45) is 0 Å². The first kappa shape index (κ1) is 15.5. The lowest BCUT2D eigenvalue weighted by molar-refractivity contribution is 0.408. The molecule has 5 heteroatoms. The summed E-state index contributed by atoms with van der Waals surface area (Å²) in [6.07, 6.45) is 8.49. The number of rotatable bonds is 7. The van der Waals surface area contributed by atoms with Crippen LogP contribution in [0.5, 0.6) is 0 Å². The summed E-state index contributed by atoms with van der Waals surface area (Å²) in [6, 6.07) is 0. The maximum absolute atomic E-state index is 7.53. The molecule has 2 N–H and O–H groups in total. The molecule has 0 aliphatic carbocycles. The average molecular weight is 186 g/mol. The Bertz CT molecular complexity index is 66.4. The Morgan fingerprint density at radius 1 is 0.846 bits per heavy atom. The Morgan fingerprint density at radius 3 is 1.38 bits per heavy atom. The minimum Gasteiger partial charge on any atom is -0.456 e. The summed E-state index contributed by atoms with van der Waals surface area (Å²) < 4.78 is 3.69. The van der Waals surface area contributed by atoms with Gasteiger partial charge in [-0.05, 0) is 0 Å². The van der Waals surface area contributed by atoms with Gasteiger partial charge >= 0.3 is 15.4 Å². The smallest absolute Gasteiger partial charge is 0.456 e. The largest absolute Gasteiger partial charge is 0.469 e. The quantitative estimate of drug-likeness (QED) is 0.466. The monoisotopic (exact) mass is 186 g/mol. The van der Waals surface area contributed by atoms with Gasteiger partial charge in [0.15, 0.2) is 0 Å². The molecule has 0 saturated carbocycles. The van der Waals surface area contributed by atoms with E-state index < -0.39 is 0 Å². The summed E-state index contributed by atoms with van der Waals surface area (Å²) in [5, 5.41) is 15.1. The molecule has 0 unspecified atom stereocenters. The van der Waals surface area contributed by atoms with E-state index in [0.717, 1.165) is 0 Å². The van der Waals surface area contributed by atoms with Crippen LogP contribution in [-0.4, -0.2) is 25.4 Å². The van der Waals surface area contributed by atoms with Crippen molar-refractivity contribution < 1.29 is 14.6 Å². The van der Waals surface area contributed by atoms with Crippen LogP contribution >= 0.6 is 0 Å². The first-order valence-electron chi connectivity index (χ1n) is 4.90. The van der Waals surface area contributed by atoms with Crippen LogP contribution in [0.4, 0.5) is 0 Å². The molecule has 0 aromatic heterocycles. The molecule has 3 nitrogen and oxygen atoms in total. The zero-order chi connectivity index (χ0) is 10.4. The highest BCUT2D eigenvalue weighted by atomic mass is 16.5. The van der Waals surface area contributed by atoms with Crippen molar-refractivity contribution in [3.8, 4) is 0 Å². The molecule has 76 valence electrons. The molecular weight excluding hydrogens is 166 g/mol. The molecule has 0 heterocycles. The van der Waals surface area contributed by atoms with Gasteiger partial charge in [-0.15, -0.1) is 0 Å². The summed E-state index contributed by atoms with van der Waals surface area (Å²) in [5.41, 5.74) is 0. The van der Waals surface area contributed by atoms with Crippen molar-refractivity contribution >= 4 is 15.4 Å². The first-order valence-corrected chi connectivity index (χ1v) is 4.90. The molecule has 0 aliphatic rings. The van der Waals surface area contributed by atoms with Gasteiger partial charge in [0, 0.05) is 0 Å². The first-order chi connectivity index (χ1) is 6.33. The standard InChI is InChI=1S/C8H18.B2H2O3/c1-3-5-7-8-6-4-2;3-1-5-2-4/h3-8H2,1-2H3;3-4H. The van der Waals surface area contributed by atoms with Crippen molar-refractivity contribution in [1.29, 1.82) is 0 Å². The van der Waals surface area contributed by atoms with E-state index in [1.807, 2.05) is 0 Å². The van der Waals surface area contributed by atoms with Gasteiger partial charge in [-0.25, -0.2) is 0 Å². The van der Waals surface area contributed by atoms with E-state index in [0.29, 0.717) is 15.4 Å². The van der Waals surface area contributed by atoms with Gasteiger partial charge in [-0.3, -0.25) is 0 Å². The van der Waals surface area contributed by atoms with Crippen molar-refractivity contribution in [3.05, 3.63) is 0 Å². The maximum Gasteiger partial charge on any atom is 0.469 e. The highest BCUT2D eigenvalue weighted by molar-refractivity contribution is 6.32. The summed E-state index contributed by atoms with van der Waals surface area (Å²) in [4.78, 5) is 0. The fourth-order valence-corrected chi connectivity index (χ4v) is 0.881. The summed E-state index contributed by atoms with van der Waals surface area (Å²) >= 11 is 0. The van der Waals surface area contributed by atoms with E-state index in [4.69, 9.17) is 10.0 Å². The molecule has 0 bridgehead atoms. The molecule has 0 aromatic rings. The van der Waals surface area contributed by atoms with E-state index in [1.54, 1.807) is 0 Å². The second-order valence-electron chi connectivity index (χ2n) is 2.76. The topological polar surface area (TPSA) is 49.7 Å². The average Bonchev–Trinajstić information content (AvgIpc) is 2.15. The Kier molecular flexibility index (Phi) is 21.4. The lowest BCUT2D eigenvalue weighted by atomic mass is 10.1. The second kappa shape index (κ2) is 17.9. The Hall–Kier alpha value is 0.00987. The second-order valence-corrected chi connectivity index (χ2v) is 2.76. The molecule has 0 spiro atoms. The van der Waals surface area contributed by atoms with Crippen LogP contribution in [0.2, 0.25) is 0 Å². The number of hydrogen-bond donors (Lipinski definition) is 2. The summed E-state index contributed by atoms with van der Waals surface area (Å²) in [5.74, 6) is 0. The molecular formula is C8H20B2O3. The van der Waals surface area contributed by atoms with Gasteiger partial charge in [-0.2, -0.15) is 0 Å². The number of hydrogen-bond acceptors (Lipinski definition) is 3. The van der Waals surface area contributed by atoms with Crippen LogP contribution in [0.15, 0.2) is 0 Å². The molecule has 0 rings (SSSR count). The van der Waals surface area contributed by atoms with Gasteiger partial charge in [0.25, 0.3) is 0 Å². The van der Waals surface area contributed by atoms with Crippen LogP contribution < -0.4 is 0 Å². The predicted octanol–water partition coefficient (Wildman–Crippen LogP) is 1.42. The van der Waals surface area contributed by atoms with Gasteiger partial charge < -0.3 is 14.6 Å².